The van der Waals surface area contributed by atoms with E-state index in [0.29, 0.717) is 4.75 Å². The Morgan fingerprint density at radius 1 is 1.21 bits per heavy atom. The van der Waals surface area contributed by atoms with Gasteiger partial charge in [0.25, 0.3) is 0 Å². The Morgan fingerprint density at radius 2 is 1.96 bits per heavy atom. The van der Waals surface area contributed by atoms with E-state index in [-0.39, 0.29) is 12.0 Å². The summed E-state index contributed by atoms with van der Waals surface area (Å²) in [6.07, 6.45) is 8.70. The molecule has 0 aromatic heterocycles. The predicted molar refractivity (Wildman–Crippen MR) is 101 cm³/mol. The molecule has 3 aliphatic rings. The summed E-state index contributed by atoms with van der Waals surface area (Å²) in [6, 6.07) is 0. The molecule has 1 aliphatic carbocycles. The number of guanidine groups is 1. The second-order valence-electron chi connectivity index (χ2n) is 7.68. The molecule has 0 atom stereocenters. The quantitative estimate of drug-likeness (QED) is 0.600. The van der Waals surface area contributed by atoms with Crippen LogP contribution in [-0.2, 0) is 4.74 Å². The van der Waals surface area contributed by atoms with E-state index in [1.165, 1.54) is 37.9 Å². The number of rotatable bonds is 3. The molecule has 0 unspecified atom stereocenters. The number of hydrogen-bond acceptors (Lipinski definition) is 4. The second-order valence-corrected chi connectivity index (χ2v) is 9.25. The van der Waals surface area contributed by atoms with Gasteiger partial charge in [0.1, 0.15) is 0 Å². The van der Waals surface area contributed by atoms with E-state index in [9.17, 15) is 5.11 Å². The molecule has 6 heteroatoms. The minimum atomic E-state index is -0.0543. The van der Waals surface area contributed by atoms with Gasteiger partial charge in [-0.2, -0.15) is 11.8 Å². The van der Waals surface area contributed by atoms with E-state index in [1.54, 1.807) is 0 Å². The molecular formula is C18H33N3O2S. The van der Waals surface area contributed by atoms with Crippen LogP contribution in [0.15, 0.2) is 4.99 Å². The number of aliphatic hydroxyl groups is 1. The van der Waals surface area contributed by atoms with Crippen molar-refractivity contribution >= 4 is 17.7 Å². The summed E-state index contributed by atoms with van der Waals surface area (Å²) in [4.78, 5) is 7.00. The number of ether oxygens (including phenoxy) is 1. The summed E-state index contributed by atoms with van der Waals surface area (Å²) in [5, 5.41) is 13.5. The topological polar surface area (TPSA) is 57.1 Å². The summed E-state index contributed by atoms with van der Waals surface area (Å²) >= 11 is 2.19. The molecule has 5 nitrogen and oxygen atoms in total. The van der Waals surface area contributed by atoms with Gasteiger partial charge in [-0.05, 0) is 25.7 Å². The van der Waals surface area contributed by atoms with Crippen molar-refractivity contribution < 1.29 is 9.84 Å². The third-order valence-corrected chi connectivity index (χ3v) is 7.57. The molecule has 2 heterocycles. The molecule has 1 saturated carbocycles. The first-order valence-electron chi connectivity index (χ1n) is 9.49. The van der Waals surface area contributed by atoms with Crippen LogP contribution in [0.1, 0.15) is 44.9 Å². The standard InChI is InChI=1S/C18H33N3O2S/c1-19-16(20-13-17(15-22)7-10-23-11-8-17)21-9-12-24-18(14-21)5-3-2-4-6-18/h22H,2-15H2,1H3,(H,19,20). The molecule has 3 fully saturated rings. The fraction of sp³-hybridized carbons (Fsp3) is 0.944. The van der Waals surface area contributed by atoms with Crippen molar-refractivity contribution in [2.24, 2.45) is 10.4 Å². The van der Waals surface area contributed by atoms with Gasteiger partial charge in [-0.25, -0.2) is 0 Å². The maximum atomic E-state index is 9.88. The number of thioether (sulfide) groups is 1. The van der Waals surface area contributed by atoms with Crippen LogP contribution >= 0.6 is 11.8 Å². The van der Waals surface area contributed by atoms with Crippen LogP contribution in [0.2, 0.25) is 0 Å². The first-order chi connectivity index (χ1) is 11.7. The highest BCUT2D eigenvalue weighted by Gasteiger charge is 2.39. The van der Waals surface area contributed by atoms with Crippen molar-refractivity contribution in [1.82, 2.24) is 10.2 Å². The lowest BCUT2D eigenvalue weighted by Crippen LogP contribution is -2.55. The van der Waals surface area contributed by atoms with E-state index in [4.69, 9.17) is 4.74 Å². The Morgan fingerprint density at radius 3 is 2.62 bits per heavy atom. The zero-order valence-electron chi connectivity index (χ0n) is 15.1. The van der Waals surface area contributed by atoms with Gasteiger partial charge in [0.05, 0.1) is 6.61 Å². The highest BCUT2D eigenvalue weighted by Crippen LogP contribution is 2.42. The SMILES string of the molecule is CN=C(NCC1(CO)CCOCC1)N1CCSC2(CCCCC2)C1. The van der Waals surface area contributed by atoms with Crippen molar-refractivity contribution in [1.29, 1.82) is 0 Å². The highest BCUT2D eigenvalue weighted by atomic mass is 32.2. The maximum Gasteiger partial charge on any atom is 0.193 e. The van der Waals surface area contributed by atoms with Crippen molar-refractivity contribution in [3.05, 3.63) is 0 Å². The molecule has 24 heavy (non-hydrogen) atoms. The molecule has 0 radical (unpaired) electrons. The average molecular weight is 356 g/mol. The Hall–Kier alpha value is -0.460. The lowest BCUT2D eigenvalue weighted by molar-refractivity contribution is -0.0134. The summed E-state index contributed by atoms with van der Waals surface area (Å²) in [5.74, 6) is 2.21. The van der Waals surface area contributed by atoms with E-state index in [0.717, 1.165) is 51.6 Å². The van der Waals surface area contributed by atoms with Crippen LogP contribution in [0.25, 0.3) is 0 Å². The summed E-state index contributed by atoms with van der Waals surface area (Å²) in [5.41, 5.74) is -0.0543. The minimum Gasteiger partial charge on any atom is -0.396 e. The van der Waals surface area contributed by atoms with Gasteiger partial charge < -0.3 is 20.1 Å². The maximum absolute atomic E-state index is 9.88. The van der Waals surface area contributed by atoms with Gasteiger partial charge in [0.2, 0.25) is 0 Å². The monoisotopic (exact) mass is 355 g/mol. The average Bonchev–Trinajstić information content (AvgIpc) is 2.64. The normalized spacial score (nSPS) is 27.2. The fourth-order valence-electron chi connectivity index (χ4n) is 4.32. The molecule has 2 saturated heterocycles. The van der Waals surface area contributed by atoms with Gasteiger partial charge in [0, 0.05) is 55.8 Å². The van der Waals surface area contributed by atoms with Crippen LogP contribution in [-0.4, -0.2) is 73.0 Å². The minimum absolute atomic E-state index is 0.0543. The Kier molecular flexibility index (Phi) is 6.33. The first kappa shape index (κ1) is 18.3. The van der Waals surface area contributed by atoms with Crippen molar-refractivity contribution in [3.63, 3.8) is 0 Å². The predicted octanol–water partition coefficient (Wildman–Crippen LogP) is 2.10. The molecule has 0 aromatic carbocycles. The summed E-state index contributed by atoms with van der Waals surface area (Å²) in [6.45, 7) is 4.71. The fourth-order valence-corrected chi connectivity index (χ4v) is 5.89. The largest absolute Gasteiger partial charge is 0.396 e. The molecule has 0 bridgehead atoms. The van der Waals surface area contributed by atoms with E-state index >= 15 is 0 Å². The Bertz CT molecular complexity index is 426. The van der Waals surface area contributed by atoms with E-state index in [1.807, 2.05) is 7.05 Å². The molecule has 1 spiro atoms. The molecule has 138 valence electrons. The zero-order valence-corrected chi connectivity index (χ0v) is 15.9. The van der Waals surface area contributed by atoms with Gasteiger partial charge >= 0.3 is 0 Å². The highest BCUT2D eigenvalue weighted by molar-refractivity contribution is 8.00. The van der Waals surface area contributed by atoms with Crippen LogP contribution < -0.4 is 5.32 Å². The second kappa shape index (κ2) is 8.28. The van der Waals surface area contributed by atoms with Crippen LogP contribution in [0.4, 0.5) is 0 Å². The number of hydrogen-bond donors (Lipinski definition) is 2. The Labute approximate surface area is 150 Å². The van der Waals surface area contributed by atoms with Gasteiger partial charge in [-0.3, -0.25) is 4.99 Å². The van der Waals surface area contributed by atoms with Crippen LogP contribution in [0, 0.1) is 5.41 Å². The lowest BCUT2D eigenvalue weighted by atomic mass is 9.81. The number of nitrogens with one attached hydrogen (secondary N) is 1. The van der Waals surface area contributed by atoms with Gasteiger partial charge in [0.15, 0.2) is 5.96 Å². The number of aliphatic hydroxyl groups excluding tert-OH is 1. The van der Waals surface area contributed by atoms with Crippen molar-refractivity contribution in [2.45, 2.75) is 49.7 Å². The Balaban J connectivity index is 1.59. The first-order valence-corrected chi connectivity index (χ1v) is 10.5. The number of nitrogens with zero attached hydrogens (tertiary/aromatic N) is 2. The lowest BCUT2D eigenvalue weighted by Gasteiger charge is -2.46. The van der Waals surface area contributed by atoms with Crippen molar-refractivity contribution in [3.8, 4) is 0 Å². The van der Waals surface area contributed by atoms with E-state index < -0.39 is 0 Å². The molecule has 2 aliphatic heterocycles. The summed E-state index contributed by atoms with van der Waals surface area (Å²) < 4.78 is 5.91. The van der Waals surface area contributed by atoms with Gasteiger partial charge in [-0.15, -0.1) is 0 Å². The van der Waals surface area contributed by atoms with Crippen LogP contribution in [0.5, 0.6) is 0 Å². The third kappa shape index (κ3) is 4.20. The van der Waals surface area contributed by atoms with Crippen molar-refractivity contribution in [2.75, 3.05) is 52.3 Å². The number of aliphatic imine (C=N–C) groups is 1. The zero-order chi connectivity index (χ0) is 16.9. The molecule has 2 N–H and O–H groups in total. The molecule has 0 amide bonds. The van der Waals surface area contributed by atoms with Gasteiger partial charge in [-0.1, -0.05) is 19.3 Å². The molecule has 3 rings (SSSR count). The molecule has 0 aromatic rings. The third-order valence-electron chi connectivity index (χ3n) is 6.03. The van der Waals surface area contributed by atoms with Crippen LogP contribution in [0.3, 0.4) is 0 Å². The van der Waals surface area contributed by atoms with E-state index in [2.05, 4.69) is 27.0 Å². The summed E-state index contributed by atoms with van der Waals surface area (Å²) in [7, 11) is 1.88. The molecular weight excluding hydrogens is 322 g/mol. The smallest absolute Gasteiger partial charge is 0.193 e.